The van der Waals surface area contributed by atoms with E-state index in [-0.39, 0.29) is 25.7 Å². The number of carbonyl (C=O) groups is 4. The van der Waals surface area contributed by atoms with E-state index in [0.717, 1.165) is 102 Å². The molecule has 95 heavy (non-hydrogen) atoms. The lowest BCUT2D eigenvalue weighted by Crippen LogP contribution is -2.30. The van der Waals surface area contributed by atoms with Crippen LogP contribution in [-0.2, 0) is 65.4 Å². The summed E-state index contributed by atoms with van der Waals surface area (Å²) < 4.78 is 68.5. The molecule has 0 saturated carbocycles. The van der Waals surface area contributed by atoms with E-state index in [9.17, 15) is 43.2 Å². The second kappa shape index (κ2) is 67.9. The van der Waals surface area contributed by atoms with Crippen LogP contribution in [0.25, 0.3) is 0 Å². The molecule has 0 amide bonds. The zero-order valence-electron chi connectivity index (χ0n) is 62.0. The molecule has 2 unspecified atom stereocenters. The number of phosphoric ester groups is 2. The van der Waals surface area contributed by atoms with Crippen molar-refractivity contribution in [3.63, 3.8) is 0 Å². The number of ether oxygens (including phenoxy) is 4. The summed E-state index contributed by atoms with van der Waals surface area (Å²) in [5, 5.41) is 10.6. The molecule has 0 aromatic rings. The average molecular weight is 1400 g/mol. The van der Waals surface area contributed by atoms with Gasteiger partial charge in [-0.15, -0.1) is 0 Å². The number of aliphatic hydroxyl groups excluding tert-OH is 1. The molecular formula is C76H148O17P2. The topological polar surface area (TPSA) is 237 Å². The minimum absolute atomic E-state index is 0.106. The number of hydrogen-bond acceptors (Lipinski definition) is 15. The molecule has 0 rings (SSSR count). The van der Waals surface area contributed by atoms with Crippen LogP contribution in [-0.4, -0.2) is 96.7 Å². The molecule has 0 aromatic carbocycles. The summed E-state index contributed by atoms with van der Waals surface area (Å²) in [5.41, 5.74) is 0. The van der Waals surface area contributed by atoms with E-state index in [0.29, 0.717) is 31.6 Å². The Hall–Kier alpha value is -1.94. The monoisotopic (exact) mass is 1400 g/mol. The molecule has 0 aliphatic heterocycles. The normalized spacial score (nSPS) is 14.0. The Bertz CT molecular complexity index is 1840. The van der Waals surface area contributed by atoms with Gasteiger partial charge in [-0.25, -0.2) is 9.13 Å². The Morgan fingerprint density at radius 2 is 0.484 bits per heavy atom. The van der Waals surface area contributed by atoms with Gasteiger partial charge in [0, 0.05) is 25.7 Å². The second-order valence-electron chi connectivity index (χ2n) is 28.3. The zero-order valence-corrected chi connectivity index (χ0v) is 63.8. The van der Waals surface area contributed by atoms with Crippen molar-refractivity contribution >= 4 is 39.5 Å². The van der Waals surface area contributed by atoms with Crippen molar-refractivity contribution in [2.75, 3.05) is 39.6 Å². The maximum atomic E-state index is 13.1. The molecule has 0 aliphatic carbocycles. The Balaban J connectivity index is 5.19. The first-order chi connectivity index (χ1) is 45.9. The number of aliphatic hydroxyl groups is 1. The van der Waals surface area contributed by atoms with Gasteiger partial charge in [-0.2, -0.15) is 0 Å². The largest absolute Gasteiger partial charge is 0.472 e. The van der Waals surface area contributed by atoms with Gasteiger partial charge in [-0.05, 0) is 37.5 Å². The smallest absolute Gasteiger partial charge is 0.462 e. The van der Waals surface area contributed by atoms with Crippen LogP contribution < -0.4 is 0 Å². The van der Waals surface area contributed by atoms with Crippen LogP contribution in [0.5, 0.6) is 0 Å². The molecule has 0 spiro atoms. The molecule has 0 aliphatic rings. The van der Waals surface area contributed by atoms with Crippen molar-refractivity contribution in [1.82, 2.24) is 0 Å². The Kier molecular flexibility index (Phi) is 66.5. The van der Waals surface area contributed by atoms with Crippen LogP contribution >= 0.6 is 15.6 Å². The number of esters is 4. The van der Waals surface area contributed by atoms with Crippen LogP contribution in [0.15, 0.2) is 0 Å². The summed E-state index contributed by atoms with van der Waals surface area (Å²) in [6, 6.07) is 0. The Labute approximate surface area is 581 Å². The van der Waals surface area contributed by atoms with E-state index in [1.807, 2.05) is 0 Å². The van der Waals surface area contributed by atoms with Crippen molar-refractivity contribution in [1.29, 1.82) is 0 Å². The van der Waals surface area contributed by atoms with Gasteiger partial charge in [0.2, 0.25) is 0 Å². The quantitative estimate of drug-likeness (QED) is 0.0222. The second-order valence-corrected chi connectivity index (χ2v) is 31.3. The highest BCUT2D eigenvalue weighted by Crippen LogP contribution is 2.45. The van der Waals surface area contributed by atoms with Gasteiger partial charge >= 0.3 is 39.5 Å². The lowest BCUT2D eigenvalue weighted by atomic mass is 10.0. The highest BCUT2D eigenvalue weighted by Gasteiger charge is 2.30. The van der Waals surface area contributed by atoms with Crippen molar-refractivity contribution in [3.8, 4) is 0 Å². The lowest BCUT2D eigenvalue weighted by molar-refractivity contribution is -0.161. The van der Waals surface area contributed by atoms with E-state index in [2.05, 4.69) is 41.5 Å². The fourth-order valence-corrected chi connectivity index (χ4v) is 13.2. The van der Waals surface area contributed by atoms with Crippen LogP contribution in [0, 0.1) is 11.8 Å². The van der Waals surface area contributed by atoms with Crippen molar-refractivity contribution in [3.05, 3.63) is 0 Å². The molecule has 564 valence electrons. The summed E-state index contributed by atoms with van der Waals surface area (Å²) in [7, 11) is -9.91. The Morgan fingerprint density at radius 1 is 0.284 bits per heavy atom. The Morgan fingerprint density at radius 3 is 0.716 bits per heavy atom. The number of rotatable bonds is 75. The van der Waals surface area contributed by atoms with Crippen molar-refractivity contribution in [2.45, 2.75) is 413 Å². The number of hydrogen-bond donors (Lipinski definition) is 3. The highest BCUT2D eigenvalue weighted by molar-refractivity contribution is 7.47. The predicted molar refractivity (Wildman–Crippen MR) is 386 cm³/mol. The van der Waals surface area contributed by atoms with Crippen LogP contribution in [0.3, 0.4) is 0 Å². The molecule has 0 bridgehead atoms. The van der Waals surface area contributed by atoms with E-state index in [4.69, 9.17) is 37.0 Å². The standard InChI is InChI=1S/C76H148O17P2/c1-7-9-11-13-15-17-19-20-21-22-23-24-25-26-27-28-30-36-42-49-55-61-76(81)92-71(64-86-73(78)58-52-46-40-34-32-31-33-38-44-50-56-68(3)4)66-90-94(82,83)88-62-70(77)63-89-95(84,85)91-67-72(65-87-74(79)59-53-47-43-37-39-45-51-57-69(5)6)93-75(80)60-54-48-41-35-29-18-16-14-12-10-8-2/h68-72,77H,7-67H2,1-6H3,(H,82,83)(H,84,85)/t70-,71-,72-/m1/s1. The first kappa shape index (κ1) is 93.1. The summed E-state index contributed by atoms with van der Waals surface area (Å²) >= 11 is 0. The maximum absolute atomic E-state index is 13.1. The predicted octanol–water partition coefficient (Wildman–Crippen LogP) is 22.3. The fourth-order valence-electron chi connectivity index (χ4n) is 11.7. The molecule has 0 heterocycles. The summed E-state index contributed by atoms with van der Waals surface area (Å²) in [6.07, 6.45) is 55.7. The zero-order chi connectivity index (χ0) is 70.0. The molecular weight excluding hydrogens is 1250 g/mol. The lowest BCUT2D eigenvalue weighted by Gasteiger charge is -2.21. The molecule has 3 N–H and O–H groups in total. The average Bonchev–Trinajstić information content (AvgIpc) is 1.69. The highest BCUT2D eigenvalue weighted by atomic mass is 31.2. The molecule has 19 heteroatoms. The first-order valence-corrected chi connectivity index (χ1v) is 42.5. The molecule has 17 nitrogen and oxygen atoms in total. The SMILES string of the molecule is CCCCCCCCCCCCCCCCCCCCCCCC(=O)O[C@H](COC(=O)CCCCCCCCCCCCC(C)C)COP(=O)(O)OC[C@@H](O)COP(=O)(O)OC[C@@H](COC(=O)CCCCCCCCCC(C)C)OC(=O)CCCCCCCCCCCCC. The third kappa shape index (κ3) is 70.3. The van der Waals surface area contributed by atoms with Gasteiger partial charge in [0.1, 0.15) is 19.3 Å². The van der Waals surface area contributed by atoms with E-state index >= 15 is 0 Å². The van der Waals surface area contributed by atoms with Gasteiger partial charge in [-0.1, -0.05) is 343 Å². The summed E-state index contributed by atoms with van der Waals surface area (Å²) in [5.74, 6) is -0.654. The van der Waals surface area contributed by atoms with Crippen LogP contribution in [0.1, 0.15) is 395 Å². The maximum Gasteiger partial charge on any atom is 0.472 e. The first-order valence-electron chi connectivity index (χ1n) is 39.5. The third-order valence-electron chi connectivity index (χ3n) is 17.7. The van der Waals surface area contributed by atoms with E-state index in [1.54, 1.807) is 0 Å². The van der Waals surface area contributed by atoms with Gasteiger partial charge < -0.3 is 33.8 Å². The number of phosphoric acid groups is 2. The van der Waals surface area contributed by atoms with Gasteiger partial charge in [-0.3, -0.25) is 37.3 Å². The third-order valence-corrected chi connectivity index (χ3v) is 19.6. The van der Waals surface area contributed by atoms with E-state index < -0.39 is 97.5 Å². The molecule has 0 aromatic heterocycles. The fraction of sp³-hybridized carbons (Fsp3) is 0.947. The minimum Gasteiger partial charge on any atom is -0.462 e. The van der Waals surface area contributed by atoms with E-state index in [1.165, 1.54) is 205 Å². The number of carbonyl (C=O) groups excluding carboxylic acids is 4. The minimum atomic E-state index is -4.96. The molecule has 0 saturated heterocycles. The summed E-state index contributed by atoms with van der Waals surface area (Å²) in [4.78, 5) is 72.7. The van der Waals surface area contributed by atoms with Gasteiger partial charge in [0.05, 0.1) is 26.4 Å². The molecule has 0 radical (unpaired) electrons. The van der Waals surface area contributed by atoms with Crippen LogP contribution in [0.4, 0.5) is 0 Å². The molecule has 5 atom stereocenters. The van der Waals surface area contributed by atoms with Gasteiger partial charge in [0.15, 0.2) is 12.2 Å². The van der Waals surface area contributed by atoms with Crippen molar-refractivity contribution in [2.24, 2.45) is 11.8 Å². The van der Waals surface area contributed by atoms with Crippen molar-refractivity contribution < 1.29 is 80.2 Å². The van der Waals surface area contributed by atoms with Gasteiger partial charge in [0.25, 0.3) is 0 Å². The summed E-state index contributed by atoms with van der Waals surface area (Å²) in [6.45, 7) is 9.52. The number of unbranched alkanes of at least 4 members (excludes halogenated alkanes) is 45. The molecule has 0 fully saturated rings. The van der Waals surface area contributed by atoms with Crippen LogP contribution in [0.2, 0.25) is 0 Å².